The fourth-order valence-electron chi connectivity index (χ4n) is 2.01. The molecule has 0 bridgehead atoms. The summed E-state index contributed by atoms with van der Waals surface area (Å²) in [6, 6.07) is 3.18. The van der Waals surface area contributed by atoms with Crippen LogP contribution in [0.1, 0.15) is 11.1 Å². The number of aromatic amines is 1. The van der Waals surface area contributed by atoms with E-state index in [4.69, 9.17) is 22.1 Å². The second-order valence-corrected chi connectivity index (χ2v) is 4.60. The molecular formula is C13H14ClN3O2. The number of nitrogens with one attached hydrogen (secondary N) is 1. The highest BCUT2D eigenvalue weighted by Crippen LogP contribution is 2.37. The fourth-order valence-corrected chi connectivity index (χ4v) is 2.16. The van der Waals surface area contributed by atoms with Crippen molar-refractivity contribution in [3.05, 3.63) is 38.6 Å². The second kappa shape index (κ2) is 4.93. The number of nitrogen functional groups attached to an aromatic ring is 1. The molecule has 0 spiro atoms. The van der Waals surface area contributed by atoms with Crippen LogP contribution in [0.4, 0.5) is 5.95 Å². The highest BCUT2D eigenvalue weighted by Gasteiger charge is 2.16. The van der Waals surface area contributed by atoms with E-state index in [-0.39, 0.29) is 11.5 Å². The third-order valence-electron chi connectivity index (χ3n) is 2.88. The van der Waals surface area contributed by atoms with Gasteiger partial charge in [-0.3, -0.25) is 9.78 Å². The molecule has 1 aromatic heterocycles. The maximum Gasteiger partial charge on any atom is 0.252 e. The van der Waals surface area contributed by atoms with Crippen LogP contribution < -0.4 is 16.0 Å². The molecule has 1 aromatic carbocycles. The number of nitrogens with zero attached hydrogens (tertiary/aromatic N) is 1. The van der Waals surface area contributed by atoms with E-state index >= 15 is 0 Å². The summed E-state index contributed by atoms with van der Waals surface area (Å²) in [5.74, 6) is 0.664. The van der Waals surface area contributed by atoms with E-state index in [1.807, 2.05) is 19.9 Å². The van der Waals surface area contributed by atoms with E-state index in [0.717, 1.165) is 11.1 Å². The van der Waals surface area contributed by atoms with E-state index in [1.165, 1.54) is 6.07 Å². The molecular weight excluding hydrogens is 266 g/mol. The van der Waals surface area contributed by atoms with Crippen molar-refractivity contribution in [1.82, 2.24) is 9.97 Å². The Bertz CT molecular complexity index is 695. The molecule has 19 heavy (non-hydrogen) atoms. The normalized spacial score (nSPS) is 10.5. The lowest BCUT2D eigenvalue weighted by Crippen LogP contribution is -2.11. The van der Waals surface area contributed by atoms with Crippen LogP contribution in [0.3, 0.4) is 0 Å². The number of hydrogen-bond donors (Lipinski definition) is 2. The summed E-state index contributed by atoms with van der Waals surface area (Å²) in [7, 11) is 1.56. The van der Waals surface area contributed by atoms with Gasteiger partial charge in [0.1, 0.15) is 5.75 Å². The molecule has 0 aliphatic heterocycles. The van der Waals surface area contributed by atoms with Crippen molar-refractivity contribution >= 4 is 17.5 Å². The molecule has 2 aromatic rings. The molecule has 6 heteroatoms. The molecule has 2 rings (SSSR count). The van der Waals surface area contributed by atoms with Gasteiger partial charge in [0.15, 0.2) is 0 Å². The van der Waals surface area contributed by atoms with Crippen LogP contribution in [0, 0.1) is 13.8 Å². The molecule has 0 saturated heterocycles. The Morgan fingerprint density at radius 3 is 2.63 bits per heavy atom. The average Bonchev–Trinajstić information content (AvgIpc) is 2.34. The van der Waals surface area contributed by atoms with E-state index in [1.54, 1.807) is 7.11 Å². The van der Waals surface area contributed by atoms with Gasteiger partial charge in [-0.25, -0.2) is 4.98 Å². The molecule has 0 radical (unpaired) electrons. The van der Waals surface area contributed by atoms with Gasteiger partial charge < -0.3 is 10.5 Å². The molecule has 5 nitrogen and oxygen atoms in total. The van der Waals surface area contributed by atoms with Gasteiger partial charge in [0.25, 0.3) is 5.56 Å². The van der Waals surface area contributed by atoms with Gasteiger partial charge in [-0.05, 0) is 31.0 Å². The number of methoxy groups -OCH3 is 1. The van der Waals surface area contributed by atoms with E-state index < -0.39 is 0 Å². The van der Waals surface area contributed by atoms with Crippen LogP contribution in [-0.2, 0) is 0 Å². The van der Waals surface area contributed by atoms with Gasteiger partial charge >= 0.3 is 0 Å². The molecule has 1 heterocycles. The largest absolute Gasteiger partial charge is 0.496 e. The highest BCUT2D eigenvalue weighted by atomic mass is 35.5. The number of aromatic nitrogens is 2. The first-order valence-electron chi connectivity index (χ1n) is 5.65. The first-order chi connectivity index (χ1) is 8.93. The maximum absolute atomic E-state index is 11.5. The molecule has 0 aliphatic rings. The second-order valence-electron chi connectivity index (χ2n) is 4.23. The predicted octanol–water partition coefficient (Wildman–Crippen LogP) is 2.30. The Kier molecular flexibility index (Phi) is 3.48. The van der Waals surface area contributed by atoms with Gasteiger partial charge in [-0.1, -0.05) is 11.6 Å². The molecule has 100 valence electrons. The number of anilines is 1. The van der Waals surface area contributed by atoms with E-state index in [0.29, 0.717) is 22.0 Å². The monoisotopic (exact) mass is 279 g/mol. The summed E-state index contributed by atoms with van der Waals surface area (Å²) in [6.07, 6.45) is 0. The molecule has 0 fully saturated rings. The Morgan fingerprint density at radius 1 is 1.37 bits per heavy atom. The molecule has 0 amide bonds. The van der Waals surface area contributed by atoms with Crippen molar-refractivity contribution in [2.24, 2.45) is 0 Å². The quantitative estimate of drug-likeness (QED) is 0.884. The zero-order valence-electron chi connectivity index (χ0n) is 10.9. The summed E-state index contributed by atoms with van der Waals surface area (Å²) < 4.78 is 5.34. The van der Waals surface area contributed by atoms with Crippen LogP contribution in [-0.4, -0.2) is 17.1 Å². The number of rotatable bonds is 2. The van der Waals surface area contributed by atoms with Crippen molar-refractivity contribution in [3.8, 4) is 17.0 Å². The lowest BCUT2D eigenvalue weighted by atomic mass is 10.0. The van der Waals surface area contributed by atoms with Crippen molar-refractivity contribution in [2.45, 2.75) is 13.8 Å². The van der Waals surface area contributed by atoms with E-state index in [9.17, 15) is 4.79 Å². The van der Waals surface area contributed by atoms with Gasteiger partial charge in [-0.2, -0.15) is 0 Å². The summed E-state index contributed by atoms with van der Waals surface area (Å²) in [6.45, 7) is 3.74. The number of hydrogen-bond acceptors (Lipinski definition) is 4. The molecule has 3 N–H and O–H groups in total. The standard InChI is InChI=1S/C13H14ClN3O2/c1-6-4-9(19-3)11(7(2)12(6)14)8-5-10(18)17-13(15)16-8/h4-5H,1-3H3,(H3,15,16,17,18). The lowest BCUT2D eigenvalue weighted by Gasteiger charge is -2.14. The summed E-state index contributed by atoms with van der Waals surface area (Å²) in [4.78, 5) is 18.0. The minimum absolute atomic E-state index is 0.0562. The van der Waals surface area contributed by atoms with Crippen LogP contribution in [0.15, 0.2) is 16.9 Å². The minimum Gasteiger partial charge on any atom is -0.496 e. The Hall–Kier alpha value is -2.01. The summed E-state index contributed by atoms with van der Waals surface area (Å²) in [5, 5.41) is 0.622. The van der Waals surface area contributed by atoms with Crippen molar-refractivity contribution in [2.75, 3.05) is 12.8 Å². The highest BCUT2D eigenvalue weighted by molar-refractivity contribution is 6.32. The lowest BCUT2D eigenvalue weighted by molar-refractivity contribution is 0.415. The van der Waals surface area contributed by atoms with Gasteiger partial charge in [0.2, 0.25) is 5.95 Å². The Labute approximate surface area is 115 Å². The molecule has 0 unspecified atom stereocenters. The zero-order chi connectivity index (χ0) is 14.2. The number of ether oxygens (including phenoxy) is 1. The third kappa shape index (κ3) is 2.42. The van der Waals surface area contributed by atoms with E-state index in [2.05, 4.69) is 9.97 Å². The van der Waals surface area contributed by atoms with Crippen LogP contribution in [0.25, 0.3) is 11.3 Å². The summed E-state index contributed by atoms with van der Waals surface area (Å²) >= 11 is 6.24. The van der Waals surface area contributed by atoms with Crippen LogP contribution in [0.5, 0.6) is 5.75 Å². The summed E-state index contributed by atoms with van der Waals surface area (Å²) in [5.41, 5.74) is 8.07. The molecule has 0 aliphatic carbocycles. The number of halogens is 1. The van der Waals surface area contributed by atoms with Gasteiger partial charge in [0, 0.05) is 16.7 Å². The van der Waals surface area contributed by atoms with Crippen molar-refractivity contribution < 1.29 is 4.74 Å². The van der Waals surface area contributed by atoms with Gasteiger partial charge in [0.05, 0.1) is 12.8 Å². The van der Waals surface area contributed by atoms with Gasteiger partial charge in [-0.15, -0.1) is 0 Å². The first-order valence-corrected chi connectivity index (χ1v) is 6.02. The smallest absolute Gasteiger partial charge is 0.252 e. The maximum atomic E-state index is 11.5. The molecule has 0 atom stereocenters. The Morgan fingerprint density at radius 2 is 2.05 bits per heavy atom. The van der Waals surface area contributed by atoms with Crippen molar-refractivity contribution in [3.63, 3.8) is 0 Å². The SMILES string of the molecule is COc1cc(C)c(Cl)c(C)c1-c1cc(=O)[nH]c(N)n1. The number of aryl methyl sites for hydroxylation is 1. The number of benzene rings is 1. The number of nitrogens with two attached hydrogens (primary N) is 1. The Balaban J connectivity index is 2.80. The topological polar surface area (TPSA) is 81.0 Å². The average molecular weight is 280 g/mol. The minimum atomic E-state index is -0.319. The fraction of sp³-hybridized carbons (Fsp3) is 0.231. The van der Waals surface area contributed by atoms with Crippen LogP contribution in [0.2, 0.25) is 5.02 Å². The van der Waals surface area contributed by atoms with Crippen molar-refractivity contribution in [1.29, 1.82) is 0 Å². The zero-order valence-corrected chi connectivity index (χ0v) is 11.6. The third-order valence-corrected chi connectivity index (χ3v) is 3.46. The molecule has 0 saturated carbocycles. The van der Waals surface area contributed by atoms with Crippen LogP contribution >= 0.6 is 11.6 Å². The first kappa shape index (κ1) is 13.4. The predicted molar refractivity (Wildman–Crippen MR) is 75.7 cm³/mol. The number of H-pyrrole nitrogens is 1.